The first-order valence-corrected chi connectivity index (χ1v) is 13.5. The second kappa shape index (κ2) is 12.3. The number of rotatable bonds is 10. The number of benzene rings is 2. The van der Waals surface area contributed by atoms with Crippen molar-refractivity contribution in [1.82, 2.24) is 20.2 Å². The van der Waals surface area contributed by atoms with Crippen LogP contribution in [0.1, 0.15) is 34.9 Å². The van der Waals surface area contributed by atoms with Crippen molar-refractivity contribution < 1.29 is 23.8 Å². The third-order valence-electron chi connectivity index (χ3n) is 7.46. The molecule has 1 aliphatic carbocycles. The van der Waals surface area contributed by atoms with E-state index in [1.807, 2.05) is 55.1 Å². The molecule has 2 aromatic heterocycles. The normalized spacial score (nSPS) is 14.2. The van der Waals surface area contributed by atoms with Crippen LogP contribution in [0.3, 0.4) is 0 Å². The SMILES string of the molecule is COc1cc(C=C2C(C)=C(C(NCc3cccnc3)C(=O)NCc3cccn3C)c3cc(F)ccc32)cc(OC)c1O. The molecule has 3 N–H and O–H groups in total. The molecule has 0 bridgehead atoms. The van der Waals surface area contributed by atoms with Gasteiger partial charge in [-0.1, -0.05) is 12.1 Å². The fraction of sp³-hybridized carbons (Fsp3) is 0.212. The molecule has 4 aromatic rings. The highest BCUT2D eigenvalue weighted by molar-refractivity contribution is 6.11. The van der Waals surface area contributed by atoms with Crippen LogP contribution in [0.15, 0.2) is 78.8 Å². The topological polar surface area (TPSA) is 97.6 Å². The van der Waals surface area contributed by atoms with Gasteiger partial charge in [-0.15, -0.1) is 0 Å². The van der Waals surface area contributed by atoms with E-state index in [9.17, 15) is 14.3 Å². The summed E-state index contributed by atoms with van der Waals surface area (Å²) in [4.78, 5) is 18.0. The predicted molar refractivity (Wildman–Crippen MR) is 160 cm³/mol. The molecule has 8 nitrogen and oxygen atoms in total. The van der Waals surface area contributed by atoms with Crippen LogP contribution in [0.25, 0.3) is 17.2 Å². The first kappa shape index (κ1) is 28.6. The number of hydrogen-bond donors (Lipinski definition) is 3. The van der Waals surface area contributed by atoms with Gasteiger partial charge in [0, 0.05) is 37.9 Å². The van der Waals surface area contributed by atoms with Crippen LogP contribution >= 0.6 is 0 Å². The van der Waals surface area contributed by atoms with Crippen molar-refractivity contribution in [2.45, 2.75) is 26.1 Å². The molecule has 0 spiro atoms. The fourth-order valence-electron chi connectivity index (χ4n) is 5.25. The van der Waals surface area contributed by atoms with Gasteiger partial charge in [-0.05, 0) is 94.4 Å². The standard InChI is InChI=1S/C33H33FN4O4/c1-20-26(13-22-14-28(41-3)32(39)29(15-22)42-4)25-10-9-23(34)16-27(25)30(20)31(36-18-21-7-5-11-35-17-21)33(40)37-19-24-8-6-12-38(24)2/h5-17,31,36,39H,18-19H2,1-4H3,(H,37,40). The van der Waals surface area contributed by atoms with Gasteiger partial charge in [0.15, 0.2) is 11.5 Å². The lowest BCUT2D eigenvalue weighted by molar-refractivity contribution is -0.122. The zero-order valence-electron chi connectivity index (χ0n) is 23.9. The Morgan fingerprint density at radius 2 is 1.83 bits per heavy atom. The van der Waals surface area contributed by atoms with Gasteiger partial charge in [0.25, 0.3) is 0 Å². The monoisotopic (exact) mass is 568 g/mol. The van der Waals surface area contributed by atoms with E-state index in [2.05, 4.69) is 15.6 Å². The molecule has 0 saturated heterocycles. The van der Waals surface area contributed by atoms with Crippen molar-refractivity contribution in [2.24, 2.45) is 7.05 Å². The number of phenols is 1. The summed E-state index contributed by atoms with van der Waals surface area (Å²) in [5, 5.41) is 16.9. The molecule has 2 heterocycles. The van der Waals surface area contributed by atoms with Gasteiger partial charge in [0.2, 0.25) is 11.7 Å². The van der Waals surface area contributed by atoms with Crippen LogP contribution in [0.2, 0.25) is 0 Å². The van der Waals surface area contributed by atoms with Gasteiger partial charge in [0.1, 0.15) is 11.9 Å². The minimum absolute atomic E-state index is 0.0986. The van der Waals surface area contributed by atoms with E-state index in [0.29, 0.717) is 29.8 Å². The van der Waals surface area contributed by atoms with Crippen molar-refractivity contribution in [3.63, 3.8) is 0 Å². The number of pyridine rings is 1. The fourth-order valence-corrected chi connectivity index (χ4v) is 5.25. The summed E-state index contributed by atoms with van der Waals surface area (Å²) < 4.78 is 27.4. The molecule has 5 rings (SSSR count). The number of nitrogens with zero attached hydrogens (tertiary/aromatic N) is 2. The van der Waals surface area contributed by atoms with Crippen molar-refractivity contribution in [3.05, 3.63) is 113 Å². The molecule has 1 aliphatic rings. The first-order valence-electron chi connectivity index (χ1n) is 13.5. The lowest BCUT2D eigenvalue weighted by Gasteiger charge is -2.22. The summed E-state index contributed by atoms with van der Waals surface area (Å²) in [6, 6.07) is 14.9. The third-order valence-corrected chi connectivity index (χ3v) is 7.46. The average Bonchev–Trinajstić information content (AvgIpc) is 3.52. The van der Waals surface area contributed by atoms with Crippen molar-refractivity contribution in [1.29, 1.82) is 0 Å². The number of aromatic hydroxyl groups is 1. The Bertz CT molecular complexity index is 1650. The molecule has 1 atom stereocenters. The minimum atomic E-state index is -0.791. The van der Waals surface area contributed by atoms with Crippen LogP contribution in [-0.4, -0.2) is 40.8 Å². The molecule has 1 unspecified atom stereocenters. The second-order valence-corrected chi connectivity index (χ2v) is 10.1. The van der Waals surface area contributed by atoms with Crippen LogP contribution in [0.4, 0.5) is 4.39 Å². The Morgan fingerprint density at radius 1 is 1.07 bits per heavy atom. The first-order chi connectivity index (χ1) is 20.3. The van der Waals surface area contributed by atoms with Crippen LogP contribution < -0.4 is 20.1 Å². The van der Waals surface area contributed by atoms with Gasteiger partial charge >= 0.3 is 0 Å². The second-order valence-electron chi connectivity index (χ2n) is 10.1. The molecule has 9 heteroatoms. The largest absolute Gasteiger partial charge is 0.502 e. The van der Waals surface area contributed by atoms with Crippen molar-refractivity contribution in [2.75, 3.05) is 14.2 Å². The Morgan fingerprint density at radius 3 is 2.48 bits per heavy atom. The van der Waals surface area contributed by atoms with Crippen molar-refractivity contribution >= 4 is 23.1 Å². The highest BCUT2D eigenvalue weighted by Gasteiger charge is 2.33. The molecular formula is C33H33FN4O4. The van der Waals surface area contributed by atoms with E-state index in [4.69, 9.17) is 9.47 Å². The number of carbonyl (C=O) groups excluding carboxylic acids is 1. The lowest BCUT2D eigenvalue weighted by Crippen LogP contribution is -2.44. The number of phenolic OH excluding ortho intramolecular Hbond substituents is 1. The number of ether oxygens (including phenoxy) is 2. The maximum Gasteiger partial charge on any atom is 0.242 e. The van der Waals surface area contributed by atoms with E-state index in [1.165, 1.54) is 26.4 Å². The van der Waals surface area contributed by atoms with Gasteiger partial charge in [-0.3, -0.25) is 15.1 Å². The highest BCUT2D eigenvalue weighted by Crippen LogP contribution is 2.45. The third kappa shape index (κ3) is 5.77. The highest BCUT2D eigenvalue weighted by atomic mass is 19.1. The Labute approximate surface area is 244 Å². The molecule has 0 saturated carbocycles. The number of carbonyl (C=O) groups is 1. The number of methoxy groups -OCH3 is 2. The maximum absolute atomic E-state index is 14.7. The van der Waals surface area contributed by atoms with E-state index in [0.717, 1.165) is 28.0 Å². The number of aromatic nitrogens is 2. The zero-order chi connectivity index (χ0) is 29.8. The molecule has 1 amide bonds. The molecular weight excluding hydrogens is 535 g/mol. The molecule has 2 aromatic carbocycles. The van der Waals surface area contributed by atoms with Gasteiger partial charge in [-0.25, -0.2) is 4.39 Å². The van der Waals surface area contributed by atoms with Crippen LogP contribution in [0, 0.1) is 5.82 Å². The van der Waals surface area contributed by atoms with Crippen LogP contribution in [0.5, 0.6) is 17.2 Å². The molecule has 42 heavy (non-hydrogen) atoms. The van der Waals surface area contributed by atoms with E-state index >= 15 is 0 Å². The van der Waals surface area contributed by atoms with Gasteiger partial charge in [0.05, 0.1) is 20.8 Å². The van der Waals surface area contributed by atoms with E-state index in [-0.39, 0.29) is 23.2 Å². The van der Waals surface area contributed by atoms with Gasteiger partial charge in [-0.2, -0.15) is 0 Å². The summed E-state index contributed by atoms with van der Waals surface area (Å²) >= 11 is 0. The smallest absolute Gasteiger partial charge is 0.242 e. The molecule has 0 aliphatic heterocycles. The maximum atomic E-state index is 14.7. The van der Waals surface area contributed by atoms with E-state index in [1.54, 1.807) is 30.6 Å². The summed E-state index contributed by atoms with van der Waals surface area (Å²) in [6.45, 7) is 2.64. The number of amides is 1. The number of aryl methyl sites for hydroxylation is 1. The van der Waals surface area contributed by atoms with Gasteiger partial charge < -0.3 is 24.5 Å². The predicted octanol–water partition coefficient (Wildman–Crippen LogP) is 5.08. The summed E-state index contributed by atoms with van der Waals surface area (Å²) in [5.74, 6) is -0.214. The number of nitrogens with one attached hydrogen (secondary N) is 2. The lowest BCUT2D eigenvalue weighted by atomic mass is 9.97. The molecule has 0 radical (unpaired) electrons. The zero-order valence-corrected chi connectivity index (χ0v) is 23.9. The average molecular weight is 569 g/mol. The summed E-state index contributed by atoms with van der Waals surface area (Å²) in [6.07, 6.45) is 7.28. The molecule has 216 valence electrons. The van der Waals surface area contributed by atoms with E-state index < -0.39 is 11.9 Å². The van der Waals surface area contributed by atoms with Crippen LogP contribution in [-0.2, 0) is 24.9 Å². The number of hydrogen-bond acceptors (Lipinski definition) is 6. The Kier molecular flexibility index (Phi) is 8.40. The summed E-state index contributed by atoms with van der Waals surface area (Å²) in [5.41, 5.74) is 6.31. The summed E-state index contributed by atoms with van der Waals surface area (Å²) in [7, 11) is 4.86. The Balaban J connectivity index is 1.59. The number of halogens is 1. The number of fused-ring (bicyclic) bond motifs is 1. The Hall–Kier alpha value is -4.89. The quantitative estimate of drug-likeness (QED) is 0.247. The molecule has 0 fully saturated rings. The van der Waals surface area contributed by atoms with Crippen molar-refractivity contribution in [3.8, 4) is 17.2 Å². The number of allylic oxidation sites excluding steroid dienone is 2. The minimum Gasteiger partial charge on any atom is -0.502 e.